The van der Waals surface area contributed by atoms with Gasteiger partial charge in [0.25, 0.3) is 0 Å². The number of aliphatic carboxylic acids is 1. The normalized spacial score (nSPS) is 23.2. The van der Waals surface area contributed by atoms with Gasteiger partial charge in [-0.25, -0.2) is 9.97 Å². The lowest BCUT2D eigenvalue weighted by molar-refractivity contribution is -0.146. The zero-order valence-corrected chi connectivity index (χ0v) is 10.9. The van der Waals surface area contributed by atoms with Crippen LogP contribution in [0.5, 0.6) is 0 Å². The molecule has 19 heavy (non-hydrogen) atoms. The van der Waals surface area contributed by atoms with E-state index in [-0.39, 0.29) is 0 Å². The fourth-order valence-corrected chi connectivity index (χ4v) is 2.52. The summed E-state index contributed by atoms with van der Waals surface area (Å²) in [4.78, 5) is 21.8. The molecule has 100 valence electrons. The van der Waals surface area contributed by atoms with Gasteiger partial charge in [0.2, 0.25) is 0 Å². The van der Waals surface area contributed by atoms with Crippen molar-refractivity contribution in [3.8, 4) is 0 Å². The van der Waals surface area contributed by atoms with Gasteiger partial charge in [0.1, 0.15) is 12.1 Å². The van der Waals surface area contributed by atoms with Gasteiger partial charge in [-0.15, -0.1) is 0 Å². The number of carbonyl (C=O) groups is 1. The number of hydrogen-bond acceptors (Lipinski definition) is 5. The van der Waals surface area contributed by atoms with Crippen molar-refractivity contribution in [1.29, 1.82) is 0 Å². The Hall–Kier alpha value is -2.18. The molecule has 1 aliphatic rings. The summed E-state index contributed by atoms with van der Waals surface area (Å²) in [6, 6.07) is 0. The van der Waals surface area contributed by atoms with Crippen LogP contribution in [-0.4, -0.2) is 43.9 Å². The Morgan fingerprint density at radius 1 is 1.47 bits per heavy atom. The Bertz CT molecular complexity index is 653. The van der Waals surface area contributed by atoms with Crippen LogP contribution in [0.4, 0.5) is 5.82 Å². The third-order valence-corrected chi connectivity index (χ3v) is 3.80. The van der Waals surface area contributed by atoms with Crippen molar-refractivity contribution in [2.75, 3.05) is 18.0 Å². The first-order valence-electron chi connectivity index (χ1n) is 6.12. The maximum Gasteiger partial charge on any atom is 0.311 e. The summed E-state index contributed by atoms with van der Waals surface area (Å²) in [6.07, 6.45) is 3.84. The molecule has 0 bridgehead atoms. The molecule has 1 fully saturated rings. The summed E-state index contributed by atoms with van der Waals surface area (Å²) in [6.45, 7) is 2.92. The number of aryl methyl sites for hydroxylation is 1. The monoisotopic (exact) mass is 261 g/mol. The molecule has 2 aromatic rings. The van der Waals surface area contributed by atoms with E-state index in [1.165, 1.54) is 6.33 Å². The molecule has 2 aromatic heterocycles. The molecular formula is C12H15N5O2. The van der Waals surface area contributed by atoms with Crippen LogP contribution in [0.1, 0.15) is 13.3 Å². The minimum atomic E-state index is -0.758. The minimum Gasteiger partial charge on any atom is -0.481 e. The number of carboxylic acid groups (broad SMARTS) is 1. The van der Waals surface area contributed by atoms with Crippen LogP contribution in [0.25, 0.3) is 11.0 Å². The van der Waals surface area contributed by atoms with Crippen LogP contribution in [0.2, 0.25) is 0 Å². The summed E-state index contributed by atoms with van der Waals surface area (Å²) < 4.78 is 1.69. The Morgan fingerprint density at radius 3 is 2.95 bits per heavy atom. The second-order valence-electron chi connectivity index (χ2n) is 5.24. The summed E-state index contributed by atoms with van der Waals surface area (Å²) in [7, 11) is 1.82. The molecule has 0 aliphatic carbocycles. The molecular weight excluding hydrogens is 246 g/mol. The van der Waals surface area contributed by atoms with Crippen molar-refractivity contribution in [2.45, 2.75) is 13.3 Å². The van der Waals surface area contributed by atoms with Crippen molar-refractivity contribution in [2.24, 2.45) is 12.5 Å². The Balaban J connectivity index is 2.00. The van der Waals surface area contributed by atoms with Gasteiger partial charge in [0, 0.05) is 20.1 Å². The molecule has 0 radical (unpaired) electrons. The van der Waals surface area contributed by atoms with Crippen LogP contribution in [-0.2, 0) is 11.8 Å². The predicted octanol–water partition coefficient (Wildman–Crippen LogP) is 0.664. The zero-order chi connectivity index (χ0) is 13.6. The average molecular weight is 261 g/mol. The highest BCUT2D eigenvalue weighted by atomic mass is 16.4. The summed E-state index contributed by atoms with van der Waals surface area (Å²) in [5, 5.41) is 14.3. The number of rotatable bonds is 2. The first-order chi connectivity index (χ1) is 9.01. The number of hydrogen-bond donors (Lipinski definition) is 1. The summed E-state index contributed by atoms with van der Waals surface area (Å²) in [5.74, 6) is 0.00885. The summed E-state index contributed by atoms with van der Waals surface area (Å²) in [5.41, 5.74) is 0.0494. The van der Waals surface area contributed by atoms with Crippen LogP contribution >= 0.6 is 0 Å². The predicted molar refractivity (Wildman–Crippen MR) is 68.9 cm³/mol. The van der Waals surface area contributed by atoms with E-state index >= 15 is 0 Å². The van der Waals surface area contributed by atoms with Crippen molar-refractivity contribution < 1.29 is 9.90 Å². The van der Waals surface area contributed by atoms with E-state index in [4.69, 9.17) is 0 Å². The molecule has 1 saturated heterocycles. The molecule has 3 rings (SSSR count). The number of nitrogens with zero attached hydrogens (tertiary/aromatic N) is 5. The first-order valence-corrected chi connectivity index (χ1v) is 6.12. The van der Waals surface area contributed by atoms with Crippen LogP contribution in [0, 0.1) is 5.41 Å². The topological polar surface area (TPSA) is 84.1 Å². The standard InChI is InChI=1S/C12H15N5O2/c1-12(11(18)19)3-4-17(6-12)10-8-5-15-16(2)9(8)13-7-14-10/h5,7H,3-4,6H2,1-2H3,(H,18,19). The van der Waals surface area contributed by atoms with Crippen molar-refractivity contribution >= 4 is 22.8 Å². The maximum atomic E-state index is 11.3. The summed E-state index contributed by atoms with van der Waals surface area (Å²) >= 11 is 0. The molecule has 7 nitrogen and oxygen atoms in total. The molecule has 0 saturated carbocycles. The number of carboxylic acids is 1. The molecule has 7 heteroatoms. The molecule has 0 aromatic carbocycles. The molecule has 1 aliphatic heterocycles. The van der Waals surface area contributed by atoms with Crippen molar-refractivity contribution in [1.82, 2.24) is 19.7 Å². The fraction of sp³-hybridized carbons (Fsp3) is 0.500. The second-order valence-corrected chi connectivity index (χ2v) is 5.24. The quantitative estimate of drug-likeness (QED) is 0.855. The average Bonchev–Trinajstić information content (AvgIpc) is 2.95. The second kappa shape index (κ2) is 3.91. The van der Waals surface area contributed by atoms with Gasteiger partial charge in [-0.3, -0.25) is 9.48 Å². The SMILES string of the molecule is Cn1ncc2c(N3CCC(C)(C(=O)O)C3)ncnc21. The fourth-order valence-electron chi connectivity index (χ4n) is 2.52. The van der Waals surface area contributed by atoms with E-state index in [1.807, 2.05) is 11.9 Å². The van der Waals surface area contributed by atoms with Crippen molar-refractivity contribution in [3.63, 3.8) is 0 Å². The number of fused-ring (bicyclic) bond motifs is 1. The number of aromatic nitrogens is 4. The number of anilines is 1. The maximum absolute atomic E-state index is 11.3. The van der Waals surface area contributed by atoms with E-state index in [0.29, 0.717) is 19.5 Å². The van der Waals surface area contributed by atoms with Gasteiger partial charge < -0.3 is 10.0 Å². The molecule has 0 spiro atoms. The molecule has 1 N–H and O–H groups in total. The van der Waals surface area contributed by atoms with Gasteiger partial charge in [-0.05, 0) is 13.3 Å². The van der Waals surface area contributed by atoms with E-state index in [1.54, 1.807) is 17.8 Å². The van der Waals surface area contributed by atoms with Gasteiger partial charge >= 0.3 is 5.97 Å². The third-order valence-electron chi connectivity index (χ3n) is 3.80. The highest BCUT2D eigenvalue weighted by Crippen LogP contribution is 2.34. The smallest absolute Gasteiger partial charge is 0.311 e. The first kappa shape index (κ1) is 11.9. The van der Waals surface area contributed by atoms with Gasteiger partial charge in [-0.1, -0.05) is 0 Å². The Morgan fingerprint density at radius 2 is 2.26 bits per heavy atom. The highest BCUT2D eigenvalue weighted by Gasteiger charge is 2.41. The van der Waals surface area contributed by atoms with Gasteiger partial charge in [0.15, 0.2) is 5.65 Å². The molecule has 3 heterocycles. The molecule has 1 unspecified atom stereocenters. The Kier molecular flexibility index (Phi) is 2.44. The molecule has 0 amide bonds. The van der Waals surface area contributed by atoms with Gasteiger partial charge in [-0.2, -0.15) is 5.10 Å². The van der Waals surface area contributed by atoms with Crippen LogP contribution in [0.3, 0.4) is 0 Å². The lowest BCUT2D eigenvalue weighted by Gasteiger charge is -2.21. The minimum absolute atomic E-state index is 0.462. The molecule has 1 atom stereocenters. The van der Waals surface area contributed by atoms with E-state index in [9.17, 15) is 9.90 Å². The Labute approximate surface area is 109 Å². The van der Waals surface area contributed by atoms with Crippen LogP contribution < -0.4 is 4.90 Å². The van der Waals surface area contributed by atoms with E-state index in [2.05, 4.69) is 15.1 Å². The lowest BCUT2D eigenvalue weighted by Crippen LogP contribution is -2.32. The highest BCUT2D eigenvalue weighted by molar-refractivity contribution is 5.87. The van der Waals surface area contributed by atoms with E-state index in [0.717, 1.165) is 16.9 Å². The van der Waals surface area contributed by atoms with Crippen LogP contribution in [0.15, 0.2) is 12.5 Å². The largest absolute Gasteiger partial charge is 0.481 e. The third kappa shape index (κ3) is 1.73. The lowest BCUT2D eigenvalue weighted by atomic mass is 9.90. The van der Waals surface area contributed by atoms with Crippen molar-refractivity contribution in [3.05, 3.63) is 12.5 Å². The zero-order valence-electron chi connectivity index (χ0n) is 10.9. The van der Waals surface area contributed by atoms with Gasteiger partial charge in [0.05, 0.1) is 17.0 Å². The van der Waals surface area contributed by atoms with E-state index < -0.39 is 11.4 Å².